The molecule has 0 bridgehead atoms. The van der Waals surface area contributed by atoms with Crippen LogP contribution in [-0.4, -0.2) is 21.3 Å². The molecule has 2 aromatic rings. The van der Waals surface area contributed by atoms with Crippen molar-refractivity contribution in [3.8, 4) is 11.5 Å². The third kappa shape index (κ3) is 2.68. The number of nitrogens with zero attached hydrogens (tertiary/aromatic N) is 2. The molecule has 5 nitrogen and oxygen atoms in total. The molecule has 0 atom stereocenters. The van der Waals surface area contributed by atoms with E-state index in [-0.39, 0.29) is 30.2 Å². The third-order valence-corrected chi connectivity index (χ3v) is 2.18. The van der Waals surface area contributed by atoms with Crippen LogP contribution in [0.3, 0.4) is 0 Å². The Morgan fingerprint density at radius 1 is 1.33 bits per heavy atom. The monoisotopic (exact) mass is 254 g/mol. The fourth-order valence-electron chi connectivity index (χ4n) is 1.34. The lowest BCUT2D eigenvalue weighted by molar-refractivity contribution is -0.137. The van der Waals surface area contributed by atoms with Crippen LogP contribution in [0.5, 0.6) is 0 Å². The lowest BCUT2D eigenvalue weighted by Gasteiger charge is -1.97. The van der Waals surface area contributed by atoms with Gasteiger partial charge in [0.05, 0.1) is 12.0 Å². The highest BCUT2D eigenvalue weighted by atomic mass is 19.1. The van der Waals surface area contributed by atoms with Crippen molar-refractivity contribution in [3.05, 3.63) is 35.7 Å². The minimum Gasteiger partial charge on any atom is -0.481 e. The summed E-state index contributed by atoms with van der Waals surface area (Å²) in [4.78, 5) is 10.3. The molecule has 0 aliphatic rings. The molecule has 0 aliphatic carbocycles. The van der Waals surface area contributed by atoms with E-state index in [4.69, 9.17) is 9.52 Å². The summed E-state index contributed by atoms with van der Waals surface area (Å²) in [7, 11) is 0. The molecular formula is C11H8F2N2O3. The number of aromatic nitrogens is 2. The van der Waals surface area contributed by atoms with Crippen molar-refractivity contribution < 1.29 is 23.1 Å². The van der Waals surface area contributed by atoms with Gasteiger partial charge in [-0.25, -0.2) is 8.78 Å². The first-order valence-electron chi connectivity index (χ1n) is 5.06. The van der Waals surface area contributed by atoms with Crippen LogP contribution in [0.4, 0.5) is 8.78 Å². The lowest BCUT2D eigenvalue weighted by Crippen LogP contribution is -1.97. The van der Waals surface area contributed by atoms with E-state index in [1.165, 1.54) is 0 Å². The Bertz CT molecular complexity index is 583. The molecule has 0 unspecified atom stereocenters. The largest absolute Gasteiger partial charge is 0.481 e. The van der Waals surface area contributed by atoms with Gasteiger partial charge in [0, 0.05) is 6.42 Å². The quantitative estimate of drug-likeness (QED) is 0.903. The molecule has 18 heavy (non-hydrogen) atoms. The molecule has 0 aliphatic heterocycles. The van der Waals surface area contributed by atoms with Crippen molar-refractivity contribution in [3.63, 3.8) is 0 Å². The zero-order chi connectivity index (χ0) is 13.1. The fraction of sp³-hybridized carbons (Fsp3) is 0.182. The second-order valence-electron chi connectivity index (χ2n) is 3.52. The molecule has 0 spiro atoms. The summed E-state index contributed by atoms with van der Waals surface area (Å²) in [6.07, 6.45) is -0.132. The molecule has 0 amide bonds. The molecule has 2 rings (SSSR count). The van der Waals surface area contributed by atoms with Crippen LogP contribution >= 0.6 is 0 Å². The number of benzene rings is 1. The summed E-state index contributed by atoms with van der Waals surface area (Å²) in [5.41, 5.74) is -0.149. The highest BCUT2D eigenvalue weighted by Crippen LogP contribution is 2.22. The van der Waals surface area contributed by atoms with Crippen molar-refractivity contribution in [2.24, 2.45) is 0 Å². The minimum absolute atomic E-state index is 0.0409. The van der Waals surface area contributed by atoms with E-state index in [1.54, 1.807) is 0 Å². The van der Waals surface area contributed by atoms with Gasteiger partial charge in [0.25, 0.3) is 5.89 Å². The molecular weight excluding hydrogens is 246 g/mol. The highest BCUT2D eigenvalue weighted by Gasteiger charge is 2.14. The van der Waals surface area contributed by atoms with Crippen LogP contribution in [-0.2, 0) is 11.2 Å². The summed E-state index contributed by atoms with van der Waals surface area (Å²) in [6, 6.07) is 2.86. The summed E-state index contributed by atoms with van der Waals surface area (Å²) < 4.78 is 31.4. The summed E-state index contributed by atoms with van der Waals surface area (Å²) in [5.74, 6) is -2.43. The van der Waals surface area contributed by atoms with E-state index in [9.17, 15) is 13.6 Å². The van der Waals surface area contributed by atoms with E-state index >= 15 is 0 Å². The molecule has 1 N–H and O–H groups in total. The maximum atomic E-state index is 13.4. The van der Waals surface area contributed by atoms with Gasteiger partial charge in [-0.15, -0.1) is 10.2 Å². The van der Waals surface area contributed by atoms with Gasteiger partial charge in [0.15, 0.2) is 0 Å². The Balaban J connectivity index is 2.23. The first-order chi connectivity index (χ1) is 8.56. The molecule has 94 valence electrons. The van der Waals surface area contributed by atoms with E-state index in [1.807, 2.05) is 0 Å². The van der Waals surface area contributed by atoms with Gasteiger partial charge >= 0.3 is 5.97 Å². The Morgan fingerprint density at radius 2 is 2.11 bits per heavy atom. The topological polar surface area (TPSA) is 76.2 Å². The van der Waals surface area contributed by atoms with Gasteiger partial charge in [-0.1, -0.05) is 0 Å². The van der Waals surface area contributed by atoms with Crippen LogP contribution in [0.2, 0.25) is 0 Å². The minimum atomic E-state index is -1.01. The molecule has 1 heterocycles. The fourth-order valence-corrected chi connectivity index (χ4v) is 1.34. The summed E-state index contributed by atoms with van der Waals surface area (Å²) >= 11 is 0. The predicted octanol–water partition coefficient (Wildman–Crippen LogP) is 2.03. The van der Waals surface area contributed by atoms with Crippen LogP contribution in [0, 0.1) is 11.6 Å². The normalized spacial score (nSPS) is 10.6. The number of rotatable bonds is 4. The number of halogens is 2. The van der Waals surface area contributed by atoms with E-state index < -0.39 is 17.6 Å². The molecule has 0 saturated carbocycles. The molecule has 7 heteroatoms. The standard InChI is InChI=1S/C11H8F2N2O3/c12-6-1-2-8(13)7(5-6)11-15-14-9(18-11)3-4-10(16)17/h1-2,5H,3-4H2,(H,16,17). The smallest absolute Gasteiger partial charge is 0.303 e. The SMILES string of the molecule is O=C(O)CCc1nnc(-c2cc(F)ccc2F)o1. The first-order valence-corrected chi connectivity index (χ1v) is 5.06. The second kappa shape index (κ2) is 4.91. The van der Waals surface area contributed by atoms with Crippen LogP contribution in [0.15, 0.2) is 22.6 Å². The molecule has 0 fully saturated rings. The van der Waals surface area contributed by atoms with Gasteiger partial charge in [0.2, 0.25) is 5.89 Å². The van der Waals surface area contributed by atoms with Crippen molar-refractivity contribution in [1.82, 2.24) is 10.2 Å². The molecule has 1 aromatic heterocycles. The number of aliphatic carboxylic acids is 1. The maximum Gasteiger partial charge on any atom is 0.303 e. The Kier molecular flexibility index (Phi) is 3.31. The van der Waals surface area contributed by atoms with Crippen molar-refractivity contribution in [2.75, 3.05) is 0 Å². The first kappa shape index (κ1) is 12.2. The second-order valence-corrected chi connectivity index (χ2v) is 3.52. The Hall–Kier alpha value is -2.31. The van der Waals surface area contributed by atoms with Crippen molar-refractivity contribution >= 4 is 5.97 Å². The van der Waals surface area contributed by atoms with Crippen LogP contribution < -0.4 is 0 Å². The average Bonchev–Trinajstić information content (AvgIpc) is 2.78. The van der Waals surface area contributed by atoms with Gasteiger partial charge in [-0.05, 0) is 18.2 Å². The van der Waals surface area contributed by atoms with Crippen LogP contribution in [0.1, 0.15) is 12.3 Å². The highest BCUT2D eigenvalue weighted by molar-refractivity contribution is 5.66. The number of carboxylic acids is 1. The average molecular weight is 254 g/mol. The van der Waals surface area contributed by atoms with E-state index in [0.717, 1.165) is 18.2 Å². The lowest BCUT2D eigenvalue weighted by atomic mass is 10.2. The number of carboxylic acid groups (broad SMARTS) is 1. The third-order valence-electron chi connectivity index (χ3n) is 2.18. The Labute approximate surface area is 100 Å². The van der Waals surface area contributed by atoms with E-state index in [0.29, 0.717) is 0 Å². The van der Waals surface area contributed by atoms with Crippen molar-refractivity contribution in [2.45, 2.75) is 12.8 Å². The number of carbonyl (C=O) groups is 1. The predicted molar refractivity (Wildman–Crippen MR) is 55.6 cm³/mol. The number of hydrogen-bond acceptors (Lipinski definition) is 4. The molecule has 0 saturated heterocycles. The van der Waals surface area contributed by atoms with Crippen molar-refractivity contribution in [1.29, 1.82) is 0 Å². The zero-order valence-electron chi connectivity index (χ0n) is 9.06. The van der Waals surface area contributed by atoms with Gasteiger partial charge < -0.3 is 9.52 Å². The van der Waals surface area contributed by atoms with Crippen LogP contribution in [0.25, 0.3) is 11.5 Å². The number of aryl methyl sites for hydroxylation is 1. The maximum absolute atomic E-state index is 13.4. The number of hydrogen-bond donors (Lipinski definition) is 1. The molecule has 1 aromatic carbocycles. The summed E-state index contributed by atoms with van der Waals surface area (Å²) in [6.45, 7) is 0. The van der Waals surface area contributed by atoms with Gasteiger partial charge in [-0.2, -0.15) is 0 Å². The Morgan fingerprint density at radius 3 is 2.83 bits per heavy atom. The van der Waals surface area contributed by atoms with E-state index in [2.05, 4.69) is 10.2 Å². The molecule has 0 radical (unpaired) electrons. The van der Waals surface area contributed by atoms with Gasteiger partial charge in [-0.3, -0.25) is 4.79 Å². The van der Waals surface area contributed by atoms with Gasteiger partial charge in [0.1, 0.15) is 11.6 Å². The zero-order valence-corrected chi connectivity index (χ0v) is 9.06. The summed E-state index contributed by atoms with van der Waals surface area (Å²) in [5, 5.41) is 15.6.